The van der Waals surface area contributed by atoms with Gasteiger partial charge in [-0.2, -0.15) is 0 Å². The Labute approximate surface area is 147 Å². The van der Waals surface area contributed by atoms with E-state index < -0.39 is 17.7 Å². The van der Waals surface area contributed by atoms with Crippen molar-refractivity contribution in [3.8, 4) is 0 Å². The van der Waals surface area contributed by atoms with Crippen LogP contribution in [-0.2, 0) is 9.59 Å². The molecular formula is C19H24N2O4. The topological polar surface area (TPSA) is 74.0 Å². The second-order valence-corrected chi connectivity index (χ2v) is 7.30. The van der Waals surface area contributed by atoms with Gasteiger partial charge in [0.2, 0.25) is 0 Å². The minimum Gasteiger partial charge on any atom is -0.503 e. The molecule has 6 heteroatoms. The third-order valence-corrected chi connectivity index (χ3v) is 5.40. The number of carbonyl (C=O) groups excluding carboxylic acids is 2. The minimum atomic E-state index is -0.600. The summed E-state index contributed by atoms with van der Waals surface area (Å²) in [5, 5.41) is 10.4. The summed E-state index contributed by atoms with van der Waals surface area (Å²) in [7, 11) is 0. The third kappa shape index (κ3) is 2.99. The number of hydrogen-bond acceptors (Lipinski definition) is 5. The molecule has 6 nitrogen and oxygen atoms in total. The summed E-state index contributed by atoms with van der Waals surface area (Å²) in [5.74, 6) is 0.280. The number of ketones is 1. The molecule has 0 bridgehead atoms. The molecule has 3 heterocycles. The number of amides is 1. The Balaban J connectivity index is 1.62. The maximum absolute atomic E-state index is 12.7. The van der Waals surface area contributed by atoms with Crippen molar-refractivity contribution in [3.63, 3.8) is 0 Å². The number of aliphatic hydroxyl groups is 1. The molecule has 1 aromatic heterocycles. The van der Waals surface area contributed by atoms with Gasteiger partial charge in [-0.25, -0.2) is 0 Å². The Morgan fingerprint density at radius 2 is 1.96 bits per heavy atom. The van der Waals surface area contributed by atoms with Crippen molar-refractivity contribution in [3.05, 3.63) is 35.0 Å². The highest BCUT2D eigenvalue weighted by Gasteiger charge is 2.48. The van der Waals surface area contributed by atoms with Crippen LogP contribution in [0.25, 0.3) is 0 Å². The molecule has 134 valence electrons. The molecule has 2 aliphatic heterocycles. The van der Waals surface area contributed by atoms with E-state index >= 15 is 0 Å². The normalized spacial score (nSPS) is 24.6. The molecule has 2 fully saturated rings. The van der Waals surface area contributed by atoms with Gasteiger partial charge in [0.15, 0.2) is 11.5 Å². The first-order valence-corrected chi connectivity index (χ1v) is 9.13. The number of aliphatic hydroxyl groups excluding tert-OH is 1. The maximum atomic E-state index is 12.7. The van der Waals surface area contributed by atoms with Gasteiger partial charge in [0, 0.05) is 19.0 Å². The largest absolute Gasteiger partial charge is 0.503 e. The molecule has 1 saturated carbocycles. The van der Waals surface area contributed by atoms with Crippen LogP contribution in [0.15, 0.2) is 27.9 Å². The monoisotopic (exact) mass is 344 g/mol. The average Bonchev–Trinajstić information content (AvgIpc) is 3.05. The summed E-state index contributed by atoms with van der Waals surface area (Å²) in [6, 6.07) is 3.03. The number of carbonyl (C=O) groups is 2. The van der Waals surface area contributed by atoms with Crippen molar-refractivity contribution in [2.24, 2.45) is 5.92 Å². The molecule has 25 heavy (non-hydrogen) atoms. The molecule has 1 aromatic rings. The summed E-state index contributed by atoms with van der Waals surface area (Å²) in [6.45, 7) is 5.15. The van der Waals surface area contributed by atoms with Crippen molar-refractivity contribution in [1.29, 1.82) is 0 Å². The molecule has 4 rings (SSSR count). The molecule has 1 unspecified atom stereocenters. The smallest absolute Gasteiger partial charge is 0.290 e. The molecule has 0 aromatic carbocycles. The van der Waals surface area contributed by atoms with E-state index in [-0.39, 0.29) is 17.3 Å². The quantitative estimate of drug-likeness (QED) is 0.857. The Bertz CT molecular complexity index is 726. The highest BCUT2D eigenvalue weighted by Crippen LogP contribution is 2.43. The first-order valence-electron chi connectivity index (χ1n) is 9.13. The van der Waals surface area contributed by atoms with Gasteiger partial charge in [-0.05, 0) is 57.8 Å². The van der Waals surface area contributed by atoms with E-state index in [0.717, 1.165) is 38.2 Å². The number of likely N-dealkylation sites (tertiary alicyclic amines) is 1. The zero-order chi connectivity index (χ0) is 17.6. The zero-order valence-electron chi connectivity index (χ0n) is 14.5. The lowest BCUT2D eigenvalue weighted by molar-refractivity contribution is -0.129. The highest BCUT2D eigenvalue weighted by atomic mass is 16.3. The summed E-state index contributed by atoms with van der Waals surface area (Å²) in [4.78, 5) is 29.3. The van der Waals surface area contributed by atoms with Crippen LogP contribution in [0.4, 0.5) is 0 Å². The van der Waals surface area contributed by atoms with Gasteiger partial charge in [-0.1, -0.05) is 0 Å². The summed E-state index contributed by atoms with van der Waals surface area (Å²) >= 11 is 0. The maximum Gasteiger partial charge on any atom is 0.290 e. The lowest BCUT2D eigenvalue weighted by Gasteiger charge is -2.27. The van der Waals surface area contributed by atoms with Crippen LogP contribution in [0.5, 0.6) is 0 Å². The predicted octanol–water partition coefficient (Wildman–Crippen LogP) is 2.36. The minimum absolute atomic E-state index is 0.0537. The van der Waals surface area contributed by atoms with E-state index in [1.54, 1.807) is 11.0 Å². The molecule has 1 saturated heterocycles. The summed E-state index contributed by atoms with van der Waals surface area (Å²) in [5.41, 5.74) is 0.225. The number of Topliss-reactive ketones (excluding diaryl/α,β-unsaturated/α-hetero) is 1. The number of rotatable bonds is 6. The van der Waals surface area contributed by atoms with Crippen molar-refractivity contribution in [2.75, 3.05) is 26.2 Å². The van der Waals surface area contributed by atoms with Crippen molar-refractivity contribution >= 4 is 11.7 Å². The van der Waals surface area contributed by atoms with Crippen LogP contribution >= 0.6 is 0 Å². The predicted molar refractivity (Wildman–Crippen MR) is 91.0 cm³/mol. The Morgan fingerprint density at radius 3 is 2.56 bits per heavy atom. The van der Waals surface area contributed by atoms with Gasteiger partial charge in [-0.15, -0.1) is 0 Å². The molecule has 3 aliphatic rings. The summed E-state index contributed by atoms with van der Waals surface area (Å²) in [6.07, 6.45) is 4.04. The van der Waals surface area contributed by atoms with E-state index in [4.69, 9.17) is 4.42 Å². The fourth-order valence-corrected chi connectivity index (χ4v) is 3.85. The molecule has 1 atom stereocenters. The average molecular weight is 344 g/mol. The second kappa shape index (κ2) is 6.33. The van der Waals surface area contributed by atoms with Crippen molar-refractivity contribution in [2.45, 2.75) is 38.6 Å². The van der Waals surface area contributed by atoms with Crippen molar-refractivity contribution < 1.29 is 19.1 Å². The van der Waals surface area contributed by atoms with Crippen LogP contribution in [-0.4, -0.2) is 52.8 Å². The molecule has 1 amide bonds. The lowest BCUT2D eigenvalue weighted by Crippen LogP contribution is -2.37. The van der Waals surface area contributed by atoms with E-state index in [1.807, 2.05) is 13.0 Å². The Kier molecular flexibility index (Phi) is 4.15. The fraction of sp³-hybridized carbons (Fsp3) is 0.579. The first-order chi connectivity index (χ1) is 12.1. The number of hydrogen-bond donors (Lipinski definition) is 1. The fourth-order valence-electron chi connectivity index (χ4n) is 3.85. The molecule has 1 N–H and O–H groups in total. The van der Waals surface area contributed by atoms with Gasteiger partial charge >= 0.3 is 0 Å². The first kappa shape index (κ1) is 16.4. The molecular weight excluding hydrogens is 320 g/mol. The van der Waals surface area contributed by atoms with E-state index in [1.165, 1.54) is 12.8 Å². The highest BCUT2D eigenvalue weighted by molar-refractivity contribution is 6.10. The Hall–Kier alpha value is -2.08. The van der Waals surface area contributed by atoms with Gasteiger partial charge in [-0.3, -0.25) is 9.59 Å². The van der Waals surface area contributed by atoms with Crippen LogP contribution in [0.3, 0.4) is 0 Å². The van der Waals surface area contributed by atoms with Crippen LogP contribution in [0.2, 0.25) is 0 Å². The molecule has 0 spiro atoms. The number of aryl methyl sites for hydroxylation is 1. The third-order valence-electron chi connectivity index (χ3n) is 5.40. The van der Waals surface area contributed by atoms with Gasteiger partial charge in [0.1, 0.15) is 17.6 Å². The van der Waals surface area contributed by atoms with Gasteiger partial charge < -0.3 is 19.3 Å². The van der Waals surface area contributed by atoms with Crippen LogP contribution < -0.4 is 0 Å². The Morgan fingerprint density at radius 1 is 1.24 bits per heavy atom. The van der Waals surface area contributed by atoms with Crippen LogP contribution in [0.1, 0.15) is 43.2 Å². The lowest BCUT2D eigenvalue weighted by atomic mass is 9.98. The van der Waals surface area contributed by atoms with E-state index in [2.05, 4.69) is 4.90 Å². The molecule has 1 aliphatic carbocycles. The standard InChI is InChI=1S/C19H24N2O4/c1-12-4-7-14(25-12)16-15(17(22)13-5-6-13)18(23)19(24)21(16)11-10-20-8-2-3-9-20/h4,7,13,16,23H,2-3,5-6,8-11H2,1H3. The summed E-state index contributed by atoms with van der Waals surface area (Å²) < 4.78 is 5.74. The number of furan rings is 1. The molecule has 0 radical (unpaired) electrons. The van der Waals surface area contributed by atoms with E-state index in [0.29, 0.717) is 12.3 Å². The zero-order valence-corrected chi connectivity index (χ0v) is 14.5. The van der Waals surface area contributed by atoms with Crippen molar-refractivity contribution in [1.82, 2.24) is 9.80 Å². The number of nitrogens with zero attached hydrogens (tertiary/aromatic N) is 2. The van der Waals surface area contributed by atoms with Gasteiger partial charge in [0.05, 0.1) is 5.57 Å². The second-order valence-electron chi connectivity index (χ2n) is 7.30. The van der Waals surface area contributed by atoms with E-state index in [9.17, 15) is 14.7 Å². The van der Waals surface area contributed by atoms with Gasteiger partial charge in [0.25, 0.3) is 5.91 Å². The SMILES string of the molecule is Cc1ccc(C2C(C(=O)C3CC3)=C(O)C(=O)N2CCN2CCCC2)o1. The van der Waals surface area contributed by atoms with Crippen LogP contribution in [0, 0.1) is 12.8 Å².